The molecule has 1 aromatic rings. The number of aryl methyl sites for hydroxylation is 2. The quantitative estimate of drug-likeness (QED) is 0.337. The van der Waals surface area contributed by atoms with Crippen molar-refractivity contribution in [3.63, 3.8) is 0 Å². The fourth-order valence-corrected chi connectivity index (χ4v) is 4.31. The molecule has 0 saturated carbocycles. The molecule has 0 aliphatic rings. The van der Waals surface area contributed by atoms with Crippen molar-refractivity contribution in [1.29, 1.82) is 0 Å². The van der Waals surface area contributed by atoms with Gasteiger partial charge in [-0.25, -0.2) is 4.79 Å². The molecule has 3 amide bonds. The average Bonchev–Trinajstić information content (AvgIpc) is 2.78. The molecule has 3 atom stereocenters. The molecule has 2 N–H and O–H groups in total. The summed E-state index contributed by atoms with van der Waals surface area (Å²) in [7, 11) is 0. The Morgan fingerprint density at radius 3 is 2.05 bits per heavy atom. The molecular formula is C30H49N3O6. The van der Waals surface area contributed by atoms with Gasteiger partial charge >= 0.3 is 12.1 Å². The van der Waals surface area contributed by atoms with Crippen molar-refractivity contribution in [2.24, 2.45) is 5.92 Å². The third-order valence-corrected chi connectivity index (χ3v) is 6.01. The molecule has 220 valence electrons. The first kappa shape index (κ1) is 33.9. The van der Waals surface area contributed by atoms with Crippen LogP contribution in [-0.4, -0.2) is 59.6 Å². The zero-order valence-electron chi connectivity index (χ0n) is 25.5. The van der Waals surface area contributed by atoms with Crippen molar-refractivity contribution in [2.45, 2.75) is 112 Å². The SMILES string of the molecule is CCOC(=O)CCNC(=O)C(c1cc(C)cc(C)c1)N(C(=O)C(C)NC(=O)OC(C)(C)C)C(C)CCC(C)C. The van der Waals surface area contributed by atoms with Crippen molar-refractivity contribution < 1.29 is 28.7 Å². The van der Waals surface area contributed by atoms with E-state index in [0.29, 0.717) is 17.9 Å². The Hall–Kier alpha value is -3.10. The van der Waals surface area contributed by atoms with Crippen molar-refractivity contribution >= 4 is 23.9 Å². The Balaban J connectivity index is 3.46. The second kappa shape index (κ2) is 15.5. The number of carbonyl (C=O) groups is 4. The summed E-state index contributed by atoms with van der Waals surface area (Å²) in [4.78, 5) is 53.6. The Morgan fingerprint density at radius 1 is 0.949 bits per heavy atom. The Morgan fingerprint density at radius 2 is 1.54 bits per heavy atom. The number of alkyl carbamates (subject to hydrolysis) is 1. The number of benzene rings is 1. The van der Waals surface area contributed by atoms with Crippen LogP contribution in [0, 0.1) is 19.8 Å². The maximum Gasteiger partial charge on any atom is 0.408 e. The topological polar surface area (TPSA) is 114 Å². The van der Waals surface area contributed by atoms with Crippen LogP contribution in [0.5, 0.6) is 0 Å². The van der Waals surface area contributed by atoms with Crippen LogP contribution in [0.2, 0.25) is 0 Å². The number of rotatable bonds is 13. The highest BCUT2D eigenvalue weighted by Crippen LogP contribution is 2.29. The highest BCUT2D eigenvalue weighted by atomic mass is 16.6. The van der Waals surface area contributed by atoms with Gasteiger partial charge < -0.3 is 25.0 Å². The lowest BCUT2D eigenvalue weighted by Gasteiger charge is -2.38. The second-order valence-electron chi connectivity index (χ2n) is 11.6. The standard InChI is InChI=1S/C30H49N3O6/c1-11-38-25(34)14-15-31-27(35)26(24-17-20(4)16-21(5)18-24)33(22(6)13-12-19(2)3)28(36)23(7)32-29(37)39-30(8,9)10/h16-19,22-23,26H,11-15H2,1-10H3,(H,31,35)(H,32,37). The maximum atomic E-state index is 14.0. The number of esters is 1. The summed E-state index contributed by atoms with van der Waals surface area (Å²) in [5.74, 6) is -0.811. The van der Waals surface area contributed by atoms with Crippen LogP contribution >= 0.6 is 0 Å². The summed E-state index contributed by atoms with van der Waals surface area (Å²) in [5.41, 5.74) is 1.85. The zero-order valence-corrected chi connectivity index (χ0v) is 25.5. The average molecular weight is 548 g/mol. The molecule has 0 saturated heterocycles. The Bertz CT molecular complexity index is 965. The smallest absolute Gasteiger partial charge is 0.408 e. The lowest BCUT2D eigenvalue weighted by Crippen LogP contribution is -2.54. The molecule has 0 fully saturated rings. The van der Waals surface area contributed by atoms with E-state index < -0.39 is 41.6 Å². The number of hydrogen-bond acceptors (Lipinski definition) is 6. The number of nitrogens with zero attached hydrogens (tertiary/aromatic N) is 1. The molecule has 0 spiro atoms. The summed E-state index contributed by atoms with van der Waals surface area (Å²) in [5, 5.41) is 5.46. The summed E-state index contributed by atoms with van der Waals surface area (Å²) in [6, 6.07) is 3.56. The van der Waals surface area contributed by atoms with E-state index in [9.17, 15) is 19.2 Å². The number of nitrogens with one attached hydrogen (secondary N) is 2. The molecule has 9 nitrogen and oxygen atoms in total. The third kappa shape index (κ3) is 12.1. The molecule has 0 radical (unpaired) electrons. The predicted octanol–water partition coefficient (Wildman–Crippen LogP) is 4.98. The second-order valence-corrected chi connectivity index (χ2v) is 11.6. The molecule has 39 heavy (non-hydrogen) atoms. The number of amides is 3. The van der Waals surface area contributed by atoms with Gasteiger partial charge in [-0.2, -0.15) is 0 Å². The maximum absolute atomic E-state index is 14.0. The van der Waals surface area contributed by atoms with Crippen LogP contribution in [-0.2, 0) is 23.9 Å². The number of hydrogen-bond donors (Lipinski definition) is 2. The van der Waals surface area contributed by atoms with Gasteiger partial charge in [0.05, 0.1) is 13.0 Å². The van der Waals surface area contributed by atoms with E-state index in [4.69, 9.17) is 9.47 Å². The van der Waals surface area contributed by atoms with Gasteiger partial charge in [-0.1, -0.05) is 43.2 Å². The van der Waals surface area contributed by atoms with Gasteiger partial charge in [0.25, 0.3) is 0 Å². The first-order valence-electron chi connectivity index (χ1n) is 13.9. The molecule has 0 aromatic heterocycles. The lowest BCUT2D eigenvalue weighted by atomic mass is 9.95. The number of ether oxygens (including phenoxy) is 2. The molecule has 0 heterocycles. The van der Waals surface area contributed by atoms with Gasteiger partial charge in [0.2, 0.25) is 11.8 Å². The van der Waals surface area contributed by atoms with E-state index in [-0.39, 0.29) is 25.6 Å². The molecule has 0 bridgehead atoms. The largest absolute Gasteiger partial charge is 0.466 e. The fourth-order valence-electron chi connectivity index (χ4n) is 4.31. The van der Waals surface area contributed by atoms with Crippen molar-refractivity contribution in [3.05, 3.63) is 34.9 Å². The first-order valence-corrected chi connectivity index (χ1v) is 13.9. The molecule has 1 aromatic carbocycles. The monoisotopic (exact) mass is 547 g/mol. The van der Waals surface area contributed by atoms with E-state index in [2.05, 4.69) is 24.5 Å². The highest BCUT2D eigenvalue weighted by molar-refractivity contribution is 5.92. The molecule has 3 unspecified atom stereocenters. The van der Waals surface area contributed by atoms with E-state index in [0.717, 1.165) is 17.5 Å². The van der Waals surface area contributed by atoms with Gasteiger partial charge in [-0.3, -0.25) is 14.4 Å². The van der Waals surface area contributed by atoms with Crippen LogP contribution in [0.15, 0.2) is 18.2 Å². The van der Waals surface area contributed by atoms with E-state index >= 15 is 0 Å². The minimum absolute atomic E-state index is 0.0204. The van der Waals surface area contributed by atoms with E-state index in [1.165, 1.54) is 0 Å². The molecule has 1 rings (SSSR count). The predicted molar refractivity (Wildman–Crippen MR) is 152 cm³/mol. The first-order chi connectivity index (χ1) is 18.0. The normalized spacial score (nSPS) is 13.7. The number of carbonyl (C=O) groups excluding carboxylic acids is 4. The van der Waals surface area contributed by atoms with Crippen LogP contribution < -0.4 is 10.6 Å². The molecule has 0 aliphatic heterocycles. The minimum Gasteiger partial charge on any atom is -0.466 e. The highest BCUT2D eigenvalue weighted by Gasteiger charge is 2.37. The van der Waals surface area contributed by atoms with E-state index in [1.807, 2.05) is 39.0 Å². The van der Waals surface area contributed by atoms with Crippen LogP contribution in [0.4, 0.5) is 4.79 Å². The van der Waals surface area contributed by atoms with Crippen LogP contribution in [0.25, 0.3) is 0 Å². The van der Waals surface area contributed by atoms with Crippen molar-refractivity contribution in [2.75, 3.05) is 13.2 Å². The van der Waals surface area contributed by atoms with Gasteiger partial charge in [0, 0.05) is 12.6 Å². The third-order valence-electron chi connectivity index (χ3n) is 6.01. The summed E-state index contributed by atoms with van der Waals surface area (Å²) >= 11 is 0. The lowest BCUT2D eigenvalue weighted by molar-refractivity contribution is -0.145. The fraction of sp³-hybridized carbons (Fsp3) is 0.667. The minimum atomic E-state index is -0.969. The van der Waals surface area contributed by atoms with E-state index in [1.54, 1.807) is 39.5 Å². The summed E-state index contributed by atoms with van der Waals surface area (Å²) < 4.78 is 10.3. The van der Waals surface area contributed by atoms with Gasteiger partial charge in [0.15, 0.2) is 0 Å². The molecular weight excluding hydrogens is 498 g/mol. The van der Waals surface area contributed by atoms with Crippen molar-refractivity contribution in [1.82, 2.24) is 15.5 Å². The summed E-state index contributed by atoms with van der Waals surface area (Å²) in [6.45, 7) is 18.9. The summed E-state index contributed by atoms with van der Waals surface area (Å²) in [6.07, 6.45) is 0.829. The molecule has 0 aliphatic carbocycles. The molecule has 9 heteroatoms. The zero-order chi connectivity index (χ0) is 29.9. The van der Waals surface area contributed by atoms with Gasteiger partial charge in [-0.05, 0) is 79.7 Å². The van der Waals surface area contributed by atoms with Gasteiger partial charge in [-0.15, -0.1) is 0 Å². The van der Waals surface area contributed by atoms with Gasteiger partial charge in [0.1, 0.15) is 17.7 Å². The Kier molecular flexibility index (Phi) is 13.5. The van der Waals surface area contributed by atoms with Crippen LogP contribution in [0.3, 0.4) is 0 Å². The van der Waals surface area contributed by atoms with Crippen molar-refractivity contribution in [3.8, 4) is 0 Å². The van der Waals surface area contributed by atoms with Crippen LogP contribution in [0.1, 0.15) is 97.4 Å². The Labute approximate surface area is 234 Å².